The lowest BCUT2D eigenvalue weighted by Gasteiger charge is -2.13. The van der Waals surface area contributed by atoms with Crippen LogP contribution in [0.15, 0.2) is 30.3 Å². The molecule has 1 aromatic carbocycles. The zero-order chi connectivity index (χ0) is 10.6. The molecule has 0 aliphatic carbocycles. The molecule has 0 aliphatic rings. The second kappa shape index (κ2) is 4.74. The lowest BCUT2D eigenvalue weighted by atomic mass is 10.0. The van der Waals surface area contributed by atoms with E-state index in [2.05, 4.69) is 0 Å². The number of rotatable bonds is 4. The van der Waals surface area contributed by atoms with Gasteiger partial charge in [-0.15, -0.1) is 0 Å². The van der Waals surface area contributed by atoms with E-state index in [9.17, 15) is 9.90 Å². The third-order valence-electron chi connectivity index (χ3n) is 1.98. The van der Waals surface area contributed by atoms with Gasteiger partial charge in [-0.3, -0.25) is 4.79 Å². The summed E-state index contributed by atoms with van der Waals surface area (Å²) >= 11 is 0. The molecule has 0 aromatic heterocycles. The number of aliphatic hydroxyl groups excluding tert-OH is 1. The van der Waals surface area contributed by atoms with Crippen molar-refractivity contribution in [1.82, 2.24) is 0 Å². The summed E-state index contributed by atoms with van der Waals surface area (Å²) in [6, 6.07) is 7.84. The fourth-order valence-electron chi connectivity index (χ4n) is 1.15. The summed E-state index contributed by atoms with van der Waals surface area (Å²) in [5.41, 5.74) is 5.98. The van der Waals surface area contributed by atoms with Gasteiger partial charge in [0.1, 0.15) is 6.04 Å². The Bertz CT molecular complexity index is 299. The van der Waals surface area contributed by atoms with Crippen LogP contribution in [-0.4, -0.2) is 22.2 Å². The molecule has 1 aromatic rings. The quantitative estimate of drug-likeness (QED) is 0.654. The Hall–Kier alpha value is -1.39. The summed E-state index contributed by atoms with van der Waals surface area (Å²) in [6.45, 7) is 0. The Labute approximate surface area is 82.0 Å². The highest BCUT2D eigenvalue weighted by Gasteiger charge is 2.17. The van der Waals surface area contributed by atoms with Crippen LogP contribution in [0, 0.1) is 0 Å². The summed E-state index contributed by atoms with van der Waals surface area (Å²) in [5, 5.41) is 18.1. The lowest BCUT2D eigenvalue weighted by Crippen LogP contribution is -2.31. The zero-order valence-electron chi connectivity index (χ0n) is 7.63. The van der Waals surface area contributed by atoms with Crippen LogP contribution in [0.3, 0.4) is 0 Å². The van der Waals surface area contributed by atoms with Crippen LogP contribution in [0.1, 0.15) is 18.1 Å². The number of nitrogens with two attached hydrogens (primary N) is 1. The molecule has 1 rings (SSSR count). The number of aliphatic hydroxyl groups is 1. The highest BCUT2D eigenvalue weighted by molar-refractivity contribution is 5.73. The Kier molecular flexibility index (Phi) is 3.62. The van der Waals surface area contributed by atoms with Crippen LogP contribution < -0.4 is 5.73 Å². The van der Waals surface area contributed by atoms with Gasteiger partial charge in [0.15, 0.2) is 0 Å². The molecule has 0 aliphatic heterocycles. The molecule has 0 spiro atoms. The third kappa shape index (κ3) is 2.83. The molecule has 0 unspecified atom stereocenters. The number of hydrogen-bond donors (Lipinski definition) is 3. The first-order chi connectivity index (χ1) is 6.61. The minimum Gasteiger partial charge on any atom is -0.480 e. The Morgan fingerprint density at radius 2 is 1.93 bits per heavy atom. The van der Waals surface area contributed by atoms with Gasteiger partial charge in [0.2, 0.25) is 0 Å². The van der Waals surface area contributed by atoms with Crippen LogP contribution >= 0.6 is 0 Å². The Morgan fingerprint density at radius 1 is 1.36 bits per heavy atom. The smallest absolute Gasteiger partial charge is 0.320 e. The second-order valence-electron chi connectivity index (χ2n) is 3.11. The Balaban J connectivity index is 2.59. The predicted molar refractivity (Wildman–Crippen MR) is 51.6 cm³/mol. The molecule has 0 saturated heterocycles. The van der Waals surface area contributed by atoms with Crippen molar-refractivity contribution in [1.29, 1.82) is 0 Å². The number of carbonyl (C=O) groups is 1. The molecule has 0 radical (unpaired) electrons. The van der Waals surface area contributed by atoms with Gasteiger partial charge in [0.25, 0.3) is 0 Å². The van der Waals surface area contributed by atoms with Gasteiger partial charge >= 0.3 is 5.97 Å². The molecule has 0 amide bonds. The average molecular weight is 195 g/mol. The fourth-order valence-corrected chi connectivity index (χ4v) is 1.15. The number of carboxylic acids is 1. The van der Waals surface area contributed by atoms with Crippen molar-refractivity contribution in [3.63, 3.8) is 0 Å². The van der Waals surface area contributed by atoms with Crippen molar-refractivity contribution in [2.24, 2.45) is 5.73 Å². The third-order valence-corrected chi connectivity index (χ3v) is 1.98. The van der Waals surface area contributed by atoms with E-state index in [1.54, 1.807) is 24.3 Å². The van der Waals surface area contributed by atoms with E-state index in [1.165, 1.54) is 0 Å². The molecule has 4 heteroatoms. The van der Waals surface area contributed by atoms with E-state index in [0.29, 0.717) is 5.56 Å². The number of aliphatic carboxylic acids is 1. The van der Waals surface area contributed by atoms with Crippen molar-refractivity contribution in [2.75, 3.05) is 0 Å². The Morgan fingerprint density at radius 3 is 2.43 bits per heavy atom. The van der Waals surface area contributed by atoms with Crippen LogP contribution in [0.5, 0.6) is 0 Å². The summed E-state index contributed by atoms with van der Waals surface area (Å²) in [6.07, 6.45) is -0.790. The predicted octanol–water partition coefficient (Wildman–Crippen LogP) is 0.522. The van der Waals surface area contributed by atoms with Gasteiger partial charge in [0.05, 0.1) is 6.10 Å². The molecule has 0 heterocycles. The maximum absolute atomic E-state index is 10.4. The van der Waals surface area contributed by atoms with Crippen molar-refractivity contribution in [3.8, 4) is 0 Å². The second-order valence-corrected chi connectivity index (χ2v) is 3.11. The van der Waals surface area contributed by atoms with Crippen LogP contribution in [0.4, 0.5) is 0 Å². The monoisotopic (exact) mass is 195 g/mol. The first-order valence-corrected chi connectivity index (χ1v) is 4.32. The van der Waals surface area contributed by atoms with Gasteiger partial charge < -0.3 is 15.9 Å². The molecule has 14 heavy (non-hydrogen) atoms. The highest BCUT2D eigenvalue weighted by atomic mass is 16.4. The largest absolute Gasteiger partial charge is 0.480 e. The van der Waals surface area contributed by atoms with Gasteiger partial charge in [0, 0.05) is 6.42 Å². The standard InChI is InChI=1S/C10H13NO3/c11-8(10(13)14)6-9(12)7-4-2-1-3-5-7/h1-5,8-9,12H,6,11H2,(H,13,14)/t8-,9+/m0/s1. The first-order valence-electron chi connectivity index (χ1n) is 4.32. The molecule has 0 fully saturated rings. The molecule has 0 saturated carbocycles. The normalized spacial score (nSPS) is 14.7. The molecular weight excluding hydrogens is 182 g/mol. The summed E-state index contributed by atoms with van der Waals surface area (Å²) in [7, 11) is 0. The minimum absolute atomic E-state index is 0.0271. The maximum atomic E-state index is 10.4. The van der Waals surface area contributed by atoms with E-state index in [-0.39, 0.29) is 6.42 Å². The molecular formula is C10H13NO3. The van der Waals surface area contributed by atoms with Crippen molar-refractivity contribution >= 4 is 5.97 Å². The van der Waals surface area contributed by atoms with Crippen LogP contribution in [-0.2, 0) is 4.79 Å². The summed E-state index contributed by atoms with van der Waals surface area (Å²) in [4.78, 5) is 10.4. The number of benzene rings is 1. The fraction of sp³-hybridized carbons (Fsp3) is 0.300. The zero-order valence-corrected chi connectivity index (χ0v) is 7.63. The van der Waals surface area contributed by atoms with E-state index < -0.39 is 18.1 Å². The summed E-state index contributed by atoms with van der Waals surface area (Å²) < 4.78 is 0. The van der Waals surface area contributed by atoms with Gasteiger partial charge in [-0.1, -0.05) is 30.3 Å². The number of hydrogen-bond acceptors (Lipinski definition) is 3. The highest BCUT2D eigenvalue weighted by Crippen LogP contribution is 2.16. The summed E-state index contributed by atoms with van der Waals surface area (Å²) in [5.74, 6) is -1.10. The van der Waals surface area contributed by atoms with Gasteiger partial charge in [-0.2, -0.15) is 0 Å². The van der Waals surface area contributed by atoms with E-state index >= 15 is 0 Å². The first kappa shape index (κ1) is 10.7. The minimum atomic E-state index is -1.10. The molecule has 76 valence electrons. The van der Waals surface area contributed by atoms with Crippen LogP contribution in [0.2, 0.25) is 0 Å². The average Bonchev–Trinajstić information content (AvgIpc) is 2.19. The molecule has 4 nitrogen and oxygen atoms in total. The van der Waals surface area contributed by atoms with Crippen molar-refractivity contribution < 1.29 is 15.0 Å². The number of carboxylic acid groups (broad SMARTS) is 1. The molecule has 4 N–H and O–H groups in total. The SMILES string of the molecule is N[C@@H](C[C@@H](O)c1ccccc1)C(=O)O. The molecule has 2 atom stereocenters. The lowest BCUT2D eigenvalue weighted by molar-refractivity contribution is -0.139. The topological polar surface area (TPSA) is 83.5 Å². The van der Waals surface area contributed by atoms with E-state index in [1.807, 2.05) is 6.07 Å². The van der Waals surface area contributed by atoms with Crippen molar-refractivity contribution in [3.05, 3.63) is 35.9 Å². The maximum Gasteiger partial charge on any atom is 0.320 e. The molecule has 0 bridgehead atoms. The van der Waals surface area contributed by atoms with Crippen molar-refractivity contribution in [2.45, 2.75) is 18.6 Å². The van der Waals surface area contributed by atoms with E-state index in [4.69, 9.17) is 10.8 Å². The van der Waals surface area contributed by atoms with Gasteiger partial charge in [-0.25, -0.2) is 0 Å². The van der Waals surface area contributed by atoms with E-state index in [0.717, 1.165) is 0 Å². The van der Waals surface area contributed by atoms with Gasteiger partial charge in [-0.05, 0) is 5.56 Å². The van der Waals surface area contributed by atoms with Crippen LogP contribution in [0.25, 0.3) is 0 Å².